The second-order valence-electron chi connectivity index (χ2n) is 7.32. The molecule has 29 heavy (non-hydrogen) atoms. The Morgan fingerprint density at radius 1 is 1.07 bits per heavy atom. The van der Waals surface area contributed by atoms with Crippen LogP contribution in [-0.2, 0) is 4.79 Å². The fraction of sp³-hybridized carbons (Fsp3) is 0.435. The largest absolute Gasteiger partial charge is 0.494 e. The van der Waals surface area contributed by atoms with Gasteiger partial charge in [-0.3, -0.25) is 4.79 Å². The molecule has 1 saturated heterocycles. The minimum atomic E-state index is -0.00129. The number of aryl methyl sites for hydroxylation is 1. The summed E-state index contributed by atoms with van der Waals surface area (Å²) >= 11 is 0. The molecule has 1 aliphatic heterocycles. The molecule has 6 nitrogen and oxygen atoms in total. The number of hydrogen-bond acceptors (Lipinski definition) is 4. The highest BCUT2D eigenvalue weighted by Crippen LogP contribution is 2.29. The summed E-state index contributed by atoms with van der Waals surface area (Å²) in [7, 11) is 0. The predicted molar refractivity (Wildman–Crippen MR) is 116 cm³/mol. The molecule has 1 heterocycles. The van der Waals surface area contributed by atoms with Crippen LogP contribution in [0.2, 0.25) is 0 Å². The van der Waals surface area contributed by atoms with Gasteiger partial charge >= 0.3 is 0 Å². The molecule has 6 heteroatoms. The van der Waals surface area contributed by atoms with Gasteiger partial charge in [-0.15, -0.1) is 0 Å². The van der Waals surface area contributed by atoms with E-state index in [0.29, 0.717) is 31.2 Å². The van der Waals surface area contributed by atoms with Crippen molar-refractivity contribution in [2.75, 3.05) is 56.2 Å². The summed E-state index contributed by atoms with van der Waals surface area (Å²) in [6, 6.07) is 14.1. The van der Waals surface area contributed by atoms with E-state index in [1.165, 1.54) is 16.2 Å². The van der Waals surface area contributed by atoms with Crippen LogP contribution in [0.4, 0.5) is 11.4 Å². The van der Waals surface area contributed by atoms with E-state index < -0.39 is 0 Å². The van der Waals surface area contributed by atoms with Crippen molar-refractivity contribution >= 4 is 17.3 Å². The van der Waals surface area contributed by atoms with E-state index in [-0.39, 0.29) is 5.91 Å². The Balaban J connectivity index is 1.55. The Hall–Kier alpha value is -2.73. The van der Waals surface area contributed by atoms with Gasteiger partial charge in [-0.1, -0.05) is 12.1 Å². The summed E-state index contributed by atoms with van der Waals surface area (Å²) in [5, 5.41) is 3.01. The molecule has 2 aromatic rings. The van der Waals surface area contributed by atoms with Crippen molar-refractivity contribution in [1.82, 2.24) is 0 Å². The van der Waals surface area contributed by atoms with Gasteiger partial charge in [-0.05, 0) is 50.6 Å². The van der Waals surface area contributed by atoms with Crippen LogP contribution in [0.3, 0.4) is 0 Å². The first-order chi connectivity index (χ1) is 14.1. The third kappa shape index (κ3) is 5.87. The average molecular weight is 399 g/mol. The minimum absolute atomic E-state index is 0.00129. The van der Waals surface area contributed by atoms with Crippen LogP contribution in [0.1, 0.15) is 19.4 Å². The van der Waals surface area contributed by atoms with E-state index in [1.54, 1.807) is 0 Å². The maximum atomic E-state index is 12.7. The number of nitrogens with zero attached hydrogens (tertiary/aromatic N) is 1. The van der Waals surface area contributed by atoms with Crippen molar-refractivity contribution in [3.63, 3.8) is 0 Å². The molecule has 0 radical (unpaired) electrons. The van der Waals surface area contributed by atoms with Crippen LogP contribution >= 0.6 is 0 Å². The van der Waals surface area contributed by atoms with Crippen LogP contribution < -0.4 is 24.6 Å². The number of anilines is 2. The summed E-state index contributed by atoms with van der Waals surface area (Å²) in [4.78, 5) is 16.4. The van der Waals surface area contributed by atoms with Gasteiger partial charge in [0.15, 0.2) is 6.54 Å². The second-order valence-corrected chi connectivity index (χ2v) is 7.32. The van der Waals surface area contributed by atoms with Gasteiger partial charge in [0, 0.05) is 11.8 Å². The Labute approximate surface area is 173 Å². The number of piperazine rings is 1. The lowest BCUT2D eigenvalue weighted by molar-refractivity contribution is -0.892. The molecule has 1 aliphatic rings. The van der Waals surface area contributed by atoms with Gasteiger partial charge in [-0.25, -0.2) is 0 Å². The molecule has 0 unspecified atom stereocenters. The van der Waals surface area contributed by atoms with Crippen molar-refractivity contribution in [3.05, 3.63) is 48.0 Å². The topological polar surface area (TPSA) is 55.2 Å². The zero-order valence-corrected chi connectivity index (χ0v) is 17.7. The molecule has 2 aromatic carbocycles. The first kappa shape index (κ1) is 21.0. The maximum Gasteiger partial charge on any atom is 0.279 e. The van der Waals surface area contributed by atoms with E-state index in [0.717, 1.165) is 31.9 Å². The zero-order chi connectivity index (χ0) is 20.6. The van der Waals surface area contributed by atoms with Gasteiger partial charge in [0.05, 0.1) is 45.1 Å². The highest BCUT2D eigenvalue weighted by molar-refractivity contribution is 5.93. The van der Waals surface area contributed by atoms with Crippen LogP contribution in [0.15, 0.2) is 42.5 Å². The number of carbonyl (C=O) groups excluding carboxylic acids is 1. The number of amides is 1. The lowest BCUT2D eigenvalue weighted by atomic mass is 10.2. The highest BCUT2D eigenvalue weighted by Gasteiger charge is 2.23. The second kappa shape index (κ2) is 10.2. The van der Waals surface area contributed by atoms with Gasteiger partial charge in [-0.2, -0.15) is 0 Å². The molecular formula is C23H32N3O3+. The van der Waals surface area contributed by atoms with Crippen LogP contribution in [0.25, 0.3) is 0 Å². The Bertz CT molecular complexity index is 817. The van der Waals surface area contributed by atoms with Crippen molar-refractivity contribution in [2.45, 2.75) is 20.8 Å². The summed E-state index contributed by atoms with van der Waals surface area (Å²) in [6.07, 6.45) is 0. The minimum Gasteiger partial charge on any atom is -0.494 e. The van der Waals surface area contributed by atoms with Gasteiger partial charge in [0.25, 0.3) is 5.91 Å². The highest BCUT2D eigenvalue weighted by atomic mass is 16.5. The zero-order valence-electron chi connectivity index (χ0n) is 17.7. The lowest BCUT2D eigenvalue weighted by Crippen LogP contribution is -3.15. The summed E-state index contributed by atoms with van der Waals surface area (Å²) < 4.78 is 11.2. The van der Waals surface area contributed by atoms with E-state index >= 15 is 0 Å². The van der Waals surface area contributed by atoms with Crippen LogP contribution in [0, 0.1) is 6.92 Å². The number of benzene rings is 2. The Kier molecular flexibility index (Phi) is 7.36. The molecule has 1 amide bonds. The van der Waals surface area contributed by atoms with E-state index in [1.807, 2.05) is 32.0 Å². The summed E-state index contributed by atoms with van der Waals surface area (Å²) in [5.74, 6) is 1.40. The number of ether oxygens (including phenoxy) is 2. The normalized spacial score (nSPS) is 14.5. The Morgan fingerprint density at radius 2 is 1.83 bits per heavy atom. The molecule has 2 N–H and O–H groups in total. The van der Waals surface area contributed by atoms with Crippen LogP contribution in [-0.4, -0.2) is 51.8 Å². The number of rotatable bonds is 8. The summed E-state index contributed by atoms with van der Waals surface area (Å²) in [6.45, 7) is 11.4. The molecule has 0 saturated carbocycles. The third-order valence-corrected chi connectivity index (χ3v) is 5.08. The number of carbonyl (C=O) groups is 1. The van der Waals surface area contributed by atoms with E-state index in [9.17, 15) is 4.79 Å². The smallest absolute Gasteiger partial charge is 0.279 e. The molecule has 0 atom stereocenters. The molecule has 156 valence electrons. The fourth-order valence-electron chi connectivity index (χ4n) is 3.65. The molecule has 0 bridgehead atoms. The quantitative estimate of drug-likeness (QED) is 0.715. The van der Waals surface area contributed by atoms with E-state index in [4.69, 9.17) is 9.47 Å². The van der Waals surface area contributed by atoms with E-state index in [2.05, 4.69) is 41.4 Å². The van der Waals surface area contributed by atoms with Crippen LogP contribution in [0.5, 0.6) is 11.5 Å². The number of nitrogens with one attached hydrogen (secondary N) is 2. The molecule has 0 aliphatic carbocycles. The monoisotopic (exact) mass is 398 g/mol. The Morgan fingerprint density at radius 3 is 2.52 bits per heavy atom. The van der Waals surface area contributed by atoms with Crippen molar-refractivity contribution < 1.29 is 19.2 Å². The predicted octanol–water partition coefficient (Wildman–Crippen LogP) is 2.14. The fourth-order valence-corrected chi connectivity index (χ4v) is 3.65. The average Bonchev–Trinajstić information content (AvgIpc) is 2.71. The van der Waals surface area contributed by atoms with Crippen molar-refractivity contribution in [1.29, 1.82) is 0 Å². The molecule has 1 fully saturated rings. The van der Waals surface area contributed by atoms with Crippen molar-refractivity contribution in [3.8, 4) is 11.5 Å². The van der Waals surface area contributed by atoms with Crippen molar-refractivity contribution in [2.24, 2.45) is 0 Å². The molecule has 0 aromatic heterocycles. The number of quaternary nitrogens is 1. The molecule has 0 spiro atoms. The molecule has 3 rings (SSSR count). The first-order valence-corrected chi connectivity index (χ1v) is 10.4. The molecular weight excluding hydrogens is 366 g/mol. The maximum absolute atomic E-state index is 12.7. The standard InChI is InChI=1S/C23H31N3O3/c1-4-28-20-9-10-22(29-5-2)21(16-20)24-23(27)17-25-11-13-26(14-12-25)19-8-6-7-18(3)15-19/h6-10,15-16H,4-5,11-14,17H2,1-3H3,(H,24,27)/p+1. The van der Waals surface area contributed by atoms with Gasteiger partial charge in [0.2, 0.25) is 0 Å². The SMILES string of the molecule is CCOc1ccc(OCC)c(NC(=O)C[NH+]2CCN(c3cccc(C)c3)CC2)c1. The third-order valence-electron chi connectivity index (χ3n) is 5.08. The lowest BCUT2D eigenvalue weighted by Gasteiger charge is -2.33. The van der Waals surface area contributed by atoms with Gasteiger partial charge in [0.1, 0.15) is 11.5 Å². The first-order valence-electron chi connectivity index (χ1n) is 10.4. The summed E-state index contributed by atoms with van der Waals surface area (Å²) in [5.41, 5.74) is 3.21. The number of hydrogen-bond donors (Lipinski definition) is 2. The van der Waals surface area contributed by atoms with Gasteiger partial charge < -0.3 is 24.6 Å².